The smallest absolute Gasteiger partial charge is 0.126 e. The standard InChI is InChI=1S/C11H14F2O/c1-2-11(14)4-3-8-5-9(12)7-10(13)6-8/h5-7,11,14H,2-4H2,1H3. The van der Waals surface area contributed by atoms with Gasteiger partial charge in [-0.25, -0.2) is 8.78 Å². The van der Waals surface area contributed by atoms with E-state index in [0.29, 0.717) is 24.8 Å². The van der Waals surface area contributed by atoms with Gasteiger partial charge >= 0.3 is 0 Å². The number of hydrogen-bond acceptors (Lipinski definition) is 1. The van der Waals surface area contributed by atoms with Crippen LogP contribution in [0.15, 0.2) is 18.2 Å². The number of aliphatic hydroxyl groups is 1. The lowest BCUT2D eigenvalue weighted by Gasteiger charge is -2.07. The molecule has 1 N–H and O–H groups in total. The molecular formula is C11H14F2O. The molecule has 0 saturated heterocycles. The monoisotopic (exact) mass is 200 g/mol. The highest BCUT2D eigenvalue weighted by Crippen LogP contribution is 2.11. The van der Waals surface area contributed by atoms with Gasteiger partial charge in [-0.3, -0.25) is 0 Å². The summed E-state index contributed by atoms with van der Waals surface area (Å²) in [5, 5.41) is 9.27. The van der Waals surface area contributed by atoms with Gasteiger partial charge in [-0.2, -0.15) is 0 Å². The molecule has 14 heavy (non-hydrogen) atoms. The van der Waals surface area contributed by atoms with Gasteiger partial charge in [-0.15, -0.1) is 0 Å². The van der Waals surface area contributed by atoms with E-state index in [1.807, 2.05) is 6.92 Å². The highest BCUT2D eigenvalue weighted by molar-refractivity contribution is 5.17. The first kappa shape index (κ1) is 11.1. The SMILES string of the molecule is CCC(O)CCc1cc(F)cc(F)c1. The summed E-state index contributed by atoms with van der Waals surface area (Å²) in [5.74, 6) is -1.13. The van der Waals surface area contributed by atoms with Crippen LogP contribution in [0.25, 0.3) is 0 Å². The van der Waals surface area contributed by atoms with E-state index in [4.69, 9.17) is 0 Å². The predicted octanol–water partition coefficient (Wildman–Crippen LogP) is 2.67. The molecule has 1 nitrogen and oxygen atoms in total. The van der Waals surface area contributed by atoms with Gasteiger partial charge in [0.15, 0.2) is 0 Å². The third-order valence-corrected chi connectivity index (χ3v) is 2.16. The molecule has 3 heteroatoms. The van der Waals surface area contributed by atoms with Crippen LogP contribution < -0.4 is 0 Å². The van der Waals surface area contributed by atoms with Gasteiger partial charge in [0.05, 0.1) is 6.10 Å². The van der Waals surface area contributed by atoms with Gasteiger partial charge in [-0.1, -0.05) is 6.92 Å². The highest BCUT2D eigenvalue weighted by Gasteiger charge is 2.04. The molecule has 0 aliphatic heterocycles. The van der Waals surface area contributed by atoms with Gasteiger partial charge < -0.3 is 5.11 Å². The lowest BCUT2D eigenvalue weighted by atomic mass is 10.1. The van der Waals surface area contributed by atoms with Gasteiger partial charge in [0, 0.05) is 6.07 Å². The summed E-state index contributed by atoms with van der Waals surface area (Å²) in [4.78, 5) is 0. The Labute approximate surface area is 82.4 Å². The fourth-order valence-electron chi connectivity index (χ4n) is 1.29. The Morgan fingerprint density at radius 1 is 1.21 bits per heavy atom. The number of rotatable bonds is 4. The van der Waals surface area contributed by atoms with Crippen molar-refractivity contribution in [1.29, 1.82) is 0 Å². The van der Waals surface area contributed by atoms with Gasteiger partial charge in [-0.05, 0) is 37.0 Å². The lowest BCUT2D eigenvalue weighted by Crippen LogP contribution is -2.05. The van der Waals surface area contributed by atoms with Crippen LogP contribution in [0.2, 0.25) is 0 Å². The average molecular weight is 200 g/mol. The Morgan fingerprint density at radius 3 is 2.29 bits per heavy atom. The molecule has 0 saturated carbocycles. The van der Waals surface area contributed by atoms with Crippen molar-refractivity contribution in [2.24, 2.45) is 0 Å². The molecular weight excluding hydrogens is 186 g/mol. The second kappa shape index (κ2) is 5.05. The van der Waals surface area contributed by atoms with Gasteiger partial charge in [0.1, 0.15) is 11.6 Å². The number of aryl methyl sites for hydroxylation is 1. The largest absolute Gasteiger partial charge is 0.393 e. The van der Waals surface area contributed by atoms with Crippen molar-refractivity contribution in [1.82, 2.24) is 0 Å². The Hall–Kier alpha value is -0.960. The van der Waals surface area contributed by atoms with E-state index in [9.17, 15) is 13.9 Å². The topological polar surface area (TPSA) is 20.2 Å². The summed E-state index contributed by atoms with van der Waals surface area (Å²) in [7, 11) is 0. The van der Waals surface area contributed by atoms with Crippen molar-refractivity contribution >= 4 is 0 Å². The Bertz CT molecular complexity index is 279. The molecule has 0 bridgehead atoms. The molecule has 0 spiro atoms. The first-order valence-electron chi connectivity index (χ1n) is 4.75. The van der Waals surface area contributed by atoms with Crippen LogP contribution in [0.3, 0.4) is 0 Å². The van der Waals surface area contributed by atoms with Gasteiger partial charge in [0.2, 0.25) is 0 Å². The molecule has 0 amide bonds. The third kappa shape index (κ3) is 3.42. The maximum absolute atomic E-state index is 12.7. The maximum Gasteiger partial charge on any atom is 0.126 e. The highest BCUT2D eigenvalue weighted by atomic mass is 19.1. The molecule has 0 aliphatic rings. The minimum Gasteiger partial charge on any atom is -0.393 e. The van der Waals surface area contributed by atoms with Crippen molar-refractivity contribution in [3.8, 4) is 0 Å². The van der Waals surface area contributed by atoms with Crippen LogP contribution in [0.5, 0.6) is 0 Å². The third-order valence-electron chi connectivity index (χ3n) is 2.16. The zero-order valence-corrected chi connectivity index (χ0v) is 8.13. The summed E-state index contributed by atoms with van der Waals surface area (Å²) in [6, 6.07) is 3.44. The Kier molecular flexibility index (Phi) is 4.01. The van der Waals surface area contributed by atoms with E-state index in [1.165, 1.54) is 12.1 Å². The van der Waals surface area contributed by atoms with E-state index in [2.05, 4.69) is 0 Å². The Morgan fingerprint density at radius 2 is 1.79 bits per heavy atom. The zero-order valence-electron chi connectivity index (χ0n) is 8.13. The first-order chi connectivity index (χ1) is 6.61. The van der Waals surface area contributed by atoms with E-state index in [-0.39, 0.29) is 6.10 Å². The average Bonchev–Trinajstić information content (AvgIpc) is 2.12. The van der Waals surface area contributed by atoms with Crippen molar-refractivity contribution in [3.05, 3.63) is 35.4 Å². The molecule has 1 aromatic carbocycles. The molecule has 0 radical (unpaired) electrons. The summed E-state index contributed by atoms with van der Waals surface area (Å²) in [6.45, 7) is 1.87. The zero-order chi connectivity index (χ0) is 10.6. The predicted molar refractivity (Wildman–Crippen MR) is 51.0 cm³/mol. The number of hydrogen-bond donors (Lipinski definition) is 1. The van der Waals surface area contributed by atoms with E-state index in [0.717, 1.165) is 6.07 Å². The van der Waals surface area contributed by atoms with E-state index < -0.39 is 11.6 Å². The maximum atomic E-state index is 12.7. The molecule has 1 atom stereocenters. The molecule has 0 aromatic heterocycles. The Balaban J connectivity index is 2.58. The summed E-state index contributed by atoms with van der Waals surface area (Å²) < 4.78 is 25.5. The number of benzene rings is 1. The number of halogens is 2. The first-order valence-corrected chi connectivity index (χ1v) is 4.75. The minimum absolute atomic E-state index is 0.388. The van der Waals surface area contributed by atoms with E-state index >= 15 is 0 Å². The molecule has 0 fully saturated rings. The second-order valence-corrected chi connectivity index (χ2v) is 3.38. The van der Waals surface area contributed by atoms with Crippen molar-refractivity contribution in [3.63, 3.8) is 0 Å². The van der Waals surface area contributed by atoms with E-state index in [1.54, 1.807) is 0 Å². The van der Waals surface area contributed by atoms with Crippen molar-refractivity contribution in [2.45, 2.75) is 32.3 Å². The summed E-state index contributed by atoms with van der Waals surface area (Å²) in [6.07, 6.45) is 1.32. The number of aliphatic hydroxyl groups excluding tert-OH is 1. The summed E-state index contributed by atoms with van der Waals surface area (Å²) in [5.41, 5.74) is 0.593. The molecule has 1 unspecified atom stereocenters. The van der Waals surface area contributed by atoms with Crippen LogP contribution in [-0.2, 0) is 6.42 Å². The molecule has 0 aliphatic carbocycles. The van der Waals surface area contributed by atoms with Crippen LogP contribution in [0.4, 0.5) is 8.78 Å². The molecule has 78 valence electrons. The van der Waals surface area contributed by atoms with Crippen LogP contribution in [-0.4, -0.2) is 11.2 Å². The van der Waals surface area contributed by atoms with Crippen LogP contribution in [0, 0.1) is 11.6 Å². The lowest BCUT2D eigenvalue weighted by molar-refractivity contribution is 0.160. The molecule has 1 aromatic rings. The van der Waals surface area contributed by atoms with Crippen molar-refractivity contribution in [2.75, 3.05) is 0 Å². The normalized spacial score (nSPS) is 12.9. The molecule has 0 heterocycles. The van der Waals surface area contributed by atoms with Crippen LogP contribution >= 0.6 is 0 Å². The molecule has 1 rings (SSSR count). The second-order valence-electron chi connectivity index (χ2n) is 3.38. The van der Waals surface area contributed by atoms with Crippen molar-refractivity contribution < 1.29 is 13.9 Å². The quantitative estimate of drug-likeness (QED) is 0.792. The van der Waals surface area contributed by atoms with Gasteiger partial charge in [0.25, 0.3) is 0 Å². The summed E-state index contributed by atoms with van der Waals surface area (Å²) >= 11 is 0. The fourth-order valence-corrected chi connectivity index (χ4v) is 1.29. The van der Waals surface area contributed by atoms with Crippen LogP contribution in [0.1, 0.15) is 25.3 Å². The minimum atomic E-state index is -0.564. The fraction of sp³-hybridized carbons (Fsp3) is 0.455.